The molecule has 0 aliphatic heterocycles. The number of amides is 2. The molecule has 0 radical (unpaired) electrons. The summed E-state index contributed by atoms with van der Waals surface area (Å²) in [5.41, 5.74) is 5.46. The third-order valence-corrected chi connectivity index (χ3v) is 4.11. The van der Waals surface area contributed by atoms with E-state index in [4.69, 9.17) is 0 Å². The Labute approximate surface area is 163 Å². The number of carbonyl (C=O) groups is 3. The number of aryl methyl sites for hydroxylation is 1. The molecule has 0 saturated heterocycles. The number of hydrogen-bond donors (Lipinski definition) is 2. The minimum atomic E-state index is -1.16. The minimum Gasteiger partial charge on any atom is -0.550 e. The number of carboxylic acid groups (broad SMARTS) is 1. The maximum atomic E-state index is 12.0. The van der Waals surface area contributed by atoms with Gasteiger partial charge in [0.1, 0.15) is 0 Å². The van der Waals surface area contributed by atoms with Crippen LogP contribution in [-0.2, 0) is 27.9 Å². The van der Waals surface area contributed by atoms with Crippen LogP contribution in [0.25, 0.3) is 0 Å². The van der Waals surface area contributed by atoms with E-state index in [0.717, 1.165) is 11.3 Å². The van der Waals surface area contributed by atoms with Gasteiger partial charge in [-0.05, 0) is 49.6 Å². The summed E-state index contributed by atoms with van der Waals surface area (Å²) in [6.45, 7) is 1.77. The molecule has 0 fully saturated rings. The first-order chi connectivity index (χ1) is 13.3. The van der Waals surface area contributed by atoms with Crippen molar-refractivity contribution >= 4 is 29.2 Å². The number of aromatic nitrogens is 1. The number of carbonyl (C=O) groups excluding carboxylic acids is 3. The SMILES string of the molecule is C/C(=N\NC(=O)Cc1cccn1C)c1ccc(NC(=O)CCCC(=O)[O-])cc1. The van der Waals surface area contributed by atoms with Crippen LogP contribution in [0.5, 0.6) is 0 Å². The zero-order chi connectivity index (χ0) is 20.5. The summed E-state index contributed by atoms with van der Waals surface area (Å²) in [7, 11) is 1.88. The van der Waals surface area contributed by atoms with E-state index < -0.39 is 5.97 Å². The molecule has 0 bridgehead atoms. The summed E-state index contributed by atoms with van der Waals surface area (Å²) >= 11 is 0. The highest BCUT2D eigenvalue weighted by Crippen LogP contribution is 2.11. The Bertz CT molecular complexity index is 869. The molecule has 28 heavy (non-hydrogen) atoms. The number of nitrogens with one attached hydrogen (secondary N) is 2. The van der Waals surface area contributed by atoms with Crippen LogP contribution in [0.15, 0.2) is 47.7 Å². The van der Waals surface area contributed by atoms with Crippen molar-refractivity contribution in [3.63, 3.8) is 0 Å². The van der Waals surface area contributed by atoms with E-state index in [-0.39, 0.29) is 37.5 Å². The van der Waals surface area contributed by atoms with E-state index in [9.17, 15) is 19.5 Å². The Morgan fingerprint density at radius 3 is 2.39 bits per heavy atom. The summed E-state index contributed by atoms with van der Waals surface area (Å²) < 4.78 is 1.88. The first kappa shape index (κ1) is 20.9. The number of nitrogens with zero attached hydrogens (tertiary/aromatic N) is 2. The Hall–Kier alpha value is -3.42. The van der Waals surface area contributed by atoms with E-state index in [1.54, 1.807) is 31.2 Å². The molecule has 2 N–H and O–H groups in total. The van der Waals surface area contributed by atoms with Gasteiger partial charge in [-0.1, -0.05) is 12.1 Å². The van der Waals surface area contributed by atoms with Gasteiger partial charge in [0, 0.05) is 37.0 Å². The standard InChI is InChI=1S/C20H24N4O4/c1-14(22-23-19(26)13-17-5-4-12-24(17)2)15-8-10-16(11-9-15)21-18(25)6-3-7-20(27)28/h4-5,8-12H,3,6-7,13H2,1-2H3,(H,21,25)(H,23,26)(H,27,28)/p-1/b22-14+. The lowest BCUT2D eigenvalue weighted by Crippen LogP contribution is -2.22. The van der Waals surface area contributed by atoms with Gasteiger partial charge in [-0.25, -0.2) is 5.43 Å². The van der Waals surface area contributed by atoms with Gasteiger partial charge in [0.25, 0.3) is 0 Å². The highest BCUT2D eigenvalue weighted by Gasteiger charge is 2.06. The quantitative estimate of drug-likeness (QED) is 0.496. The zero-order valence-corrected chi connectivity index (χ0v) is 15.9. The van der Waals surface area contributed by atoms with Gasteiger partial charge in [0.05, 0.1) is 12.1 Å². The number of carboxylic acids is 1. The van der Waals surface area contributed by atoms with Crippen molar-refractivity contribution in [1.82, 2.24) is 9.99 Å². The van der Waals surface area contributed by atoms with Gasteiger partial charge >= 0.3 is 0 Å². The molecule has 2 rings (SSSR count). The van der Waals surface area contributed by atoms with Gasteiger partial charge in [-0.2, -0.15) is 5.10 Å². The van der Waals surface area contributed by atoms with Crippen molar-refractivity contribution in [3.05, 3.63) is 53.9 Å². The molecule has 0 aliphatic carbocycles. The smallest absolute Gasteiger partial charge is 0.246 e. The fourth-order valence-corrected chi connectivity index (χ4v) is 2.51. The third-order valence-electron chi connectivity index (χ3n) is 4.11. The molecular formula is C20H23N4O4-. The molecule has 2 amide bonds. The topological polar surface area (TPSA) is 116 Å². The second-order valence-electron chi connectivity index (χ2n) is 6.37. The van der Waals surface area contributed by atoms with E-state index in [2.05, 4.69) is 15.8 Å². The predicted molar refractivity (Wildman–Crippen MR) is 103 cm³/mol. The van der Waals surface area contributed by atoms with Crippen LogP contribution in [0.3, 0.4) is 0 Å². The number of anilines is 1. The van der Waals surface area contributed by atoms with Gasteiger partial charge < -0.3 is 19.8 Å². The van der Waals surface area contributed by atoms with Crippen LogP contribution >= 0.6 is 0 Å². The van der Waals surface area contributed by atoms with E-state index in [0.29, 0.717) is 11.4 Å². The van der Waals surface area contributed by atoms with Crippen molar-refractivity contribution < 1.29 is 19.5 Å². The molecule has 8 nitrogen and oxygen atoms in total. The summed E-state index contributed by atoms with van der Waals surface area (Å²) in [6, 6.07) is 10.7. The molecule has 1 aromatic heterocycles. The van der Waals surface area contributed by atoms with E-state index in [1.165, 1.54) is 0 Å². The number of rotatable bonds is 9. The van der Waals surface area contributed by atoms with Crippen molar-refractivity contribution in [2.24, 2.45) is 12.1 Å². The number of aliphatic carboxylic acids is 1. The average molecular weight is 383 g/mol. The maximum Gasteiger partial charge on any atom is 0.246 e. The summed E-state index contributed by atoms with van der Waals surface area (Å²) in [6.07, 6.45) is 2.33. The highest BCUT2D eigenvalue weighted by atomic mass is 16.4. The van der Waals surface area contributed by atoms with Gasteiger partial charge in [0.2, 0.25) is 11.8 Å². The van der Waals surface area contributed by atoms with Crippen molar-refractivity contribution in [1.29, 1.82) is 0 Å². The third kappa shape index (κ3) is 6.71. The molecular weight excluding hydrogens is 360 g/mol. The lowest BCUT2D eigenvalue weighted by atomic mass is 10.1. The van der Waals surface area contributed by atoms with Crippen LogP contribution in [0, 0.1) is 0 Å². The highest BCUT2D eigenvalue weighted by molar-refractivity contribution is 6.00. The predicted octanol–water partition coefficient (Wildman–Crippen LogP) is 0.967. The summed E-state index contributed by atoms with van der Waals surface area (Å²) in [5, 5.41) is 17.2. The van der Waals surface area contributed by atoms with Gasteiger partial charge in [0.15, 0.2) is 0 Å². The van der Waals surface area contributed by atoms with E-state index in [1.807, 2.05) is 29.9 Å². The molecule has 148 valence electrons. The molecule has 0 saturated carbocycles. The molecule has 8 heteroatoms. The lowest BCUT2D eigenvalue weighted by Gasteiger charge is -2.07. The molecule has 0 atom stereocenters. The largest absolute Gasteiger partial charge is 0.550 e. The zero-order valence-electron chi connectivity index (χ0n) is 15.9. The molecule has 0 aliphatic rings. The summed E-state index contributed by atoms with van der Waals surface area (Å²) in [4.78, 5) is 34.1. The van der Waals surface area contributed by atoms with E-state index >= 15 is 0 Å². The number of hydrogen-bond acceptors (Lipinski definition) is 5. The van der Waals surface area contributed by atoms with Crippen molar-refractivity contribution in [2.75, 3.05) is 5.32 Å². The van der Waals surface area contributed by atoms with Gasteiger partial charge in [-0.3, -0.25) is 9.59 Å². The van der Waals surface area contributed by atoms with Crippen LogP contribution in [-0.4, -0.2) is 28.1 Å². The van der Waals surface area contributed by atoms with Gasteiger partial charge in [-0.15, -0.1) is 0 Å². The Morgan fingerprint density at radius 2 is 1.79 bits per heavy atom. The average Bonchev–Trinajstić information content (AvgIpc) is 3.04. The number of hydrazone groups is 1. The van der Waals surface area contributed by atoms with Crippen LogP contribution in [0.4, 0.5) is 5.69 Å². The molecule has 0 spiro atoms. The van der Waals surface area contributed by atoms with Crippen molar-refractivity contribution in [2.45, 2.75) is 32.6 Å². The first-order valence-corrected chi connectivity index (χ1v) is 8.88. The maximum absolute atomic E-state index is 12.0. The van der Waals surface area contributed by atoms with Crippen molar-refractivity contribution in [3.8, 4) is 0 Å². The number of benzene rings is 1. The fraction of sp³-hybridized carbons (Fsp3) is 0.300. The van der Waals surface area contributed by atoms with Crippen LogP contribution in [0.1, 0.15) is 37.4 Å². The monoisotopic (exact) mass is 383 g/mol. The Balaban J connectivity index is 1.85. The second kappa shape index (κ2) is 10.1. The van der Waals surface area contributed by atoms with Crippen LogP contribution in [0.2, 0.25) is 0 Å². The Morgan fingerprint density at radius 1 is 1.07 bits per heavy atom. The second-order valence-corrected chi connectivity index (χ2v) is 6.37. The normalized spacial score (nSPS) is 11.1. The molecule has 1 aromatic carbocycles. The molecule has 0 unspecified atom stereocenters. The summed E-state index contributed by atoms with van der Waals surface area (Å²) in [5.74, 6) is -1.63. The molecule has 1 heterocycles. The first-order valence-electron chi connectivity index (χ1n) is 8.88. The molecule has 2 aromatic rings. The lowest BCUT2D eigenvalue weighted by molar-refractivity contribution is -0.305. The minimum absolute atomic E-state index is 0.114. The van der Waals surface area contributed by atoms with Crippen LogP contribution < -0.4 is 15.8 Å². The fourth-order valence-electron chi connectivity index (χ4n) is 2.51. The Kier molecular flexibility index (Phi) is 7.50.